The van der Waals surface area contributed by atoms with E-state index >= 15 is 0 Å². The standard InChI is InChI=1S/C14H28N2O2/c1-11(2)9-14(3,4)10-15-13(18)16(7-8-17)12-5-6-12/h11-12,17H,5-10H2,1-4H3,(H,15,18). The lowest BCUT2D eigenvalue weighted by Gasteiger charge is -2.29. The fourth-order valence-corrected chi connectivity index (χ4v) is 2.54. The molecule has 1 aliphatic rings. The lowest BCUT2D eigenvalue weighted by atomic mass is 9.84. The summed E-state index contributed by atoms with van der Waals surface area (Å²) in [6, 6.07) is 0.328. The largest absolute Gasteiger partial charge is 0.395 e. The van der Waals surface area contributed by atoms with Gasteiger partial charge in [-0.1, -0.05) is 27.7 Å². The van der Waals surface area contributed by atoms with Gasteiger partial charge in [0.25, 0.3) is 0 Å². The minimum absolute atomic E-state index is 0.0246. The van der Waals surface area contributed by atoms with E-state index in [4.69, 9.17) is 5.11 Å². The lowest BCUT2D eigenvalue weighted by molar-refractivity contribution is 0.167. The Hall–Kier alpha value is -0.770. The first kappa shape index (κ1) is 15.3. The molecule has 0 saturated heterocycles. The Balaban J connectivity index is 2.38. The van der Waals surface area contributed by atoms with E-state index in [1.54, 1.807) is 4.90 Å². The molecule has 2 amide bonds. The van der Waals surface area contributed by atoms with Crippen molar-refractivity contribution in [3.8, 4) is 0 Å². The van der Waals surface area contributed by atoms with Crippen LogP contribution in [0.25, 0.3) is 0 Å². The number of hydrogen-bond donors (Lipinski definition) is 2. The van der Waals surface area contributed by atoms with Crippen molar-refractivity contribution in [3.63, 3.8) is 0 Å². The zero-order valence-corrected chi connectivity index (χ0v) is 12.2. The first-order valence-corrected chi connectivity index (χ1v) is 7.01. The fraction of sp³-hybridized carbons (Fsp3) is 0.929. The molecule has 18 heavy (non-hydrogen) atoms. The molecule has 0 aromatic carbocycles. The van der Waals surface area contributed by atoms with Crippen molar-refractivity contribution >= 4 is 6.03 Å². The molecule has 106 valence electrons. The van der Waals surface area contributed by atoms with Gasteiger partial charge in [-0.25, -0.2) is 4.79 Å². The molecular formula is C14H28N2O2. The van der Waals surface area contributed by atoms with Crippen LogP contribution in [0.4, 0.5) is 4.79 Å². The molecule has 0 aromatic heterocycles. The molecule has 0 heterocycles. The average molecular weight is 256 g/mol. The van der Waals surface area contributed by atoms with Gasteiger partial charge in [0.15, 0.2) is 0 Å². The van der Waals surface area contributed by atoms with E-state index in [1.807, 2.05) is 0 Å². The van der Waals surface area contributed by atoms with Crippen LogP contribution in [0, 0.1) is 11.3 Å². The molecule has 0 bridgehead atoms. The second kappa shape index (κ2) is 6.41. The number of rotatable bonds is 7. The quantitative estimate of drug-likeness (QED) is 0.734. The van der Waals surface area contributed by atoms with E-state index in [1.165, 1.54) is 0 Å². The molecule has 0 aliphatic heterocycles. The highest BCUT2D eigenvalue weighted by Crippen LogP contribution is 2.27. The average Bonchev–Trinajstić information content (AvgIpc) is 3.04. The van der Waals surface area contributed by atoms with Gasteiger partial charge in [0.05, 0.1) is 6.61 Å². The summed E-state index contributed by atoms with van der Waals surface area (Å²) in [4.78, 5) is 13.8. The molecular weight excluding hydrogens is 228 g/mol. The minimum Gasteiger partial charge on any atom is -0.395 e. The zero-order chi connectivity index (χ0) is 13.8. The van der Waals surface area contributed by atoms with Crippen molar-refractivity contribution in [1.29, 1.82) is 0 Å². The number of carbonyl (C=O) groups is 1. The van der Waals surface area contributed by atoms with Gasteiger partial charge in [0, 0.05) is 19.1 Å². The van der Waals surface area contributed by atoms with Crippen molar-refractivity contribution in [2.45, 2.75) is 53.0 Å². The van der Waals surface area contributed by atoms with E-state index in [0.717, 1.165) is 19.3 Å². The van der Waals surface area contributed by atoms with Crippen molar-refractivity contribution in [2.75, 3.05) is 19.7 Å². The molecule has 2 N–H and O–H groups in total. The maximum atomic E-state index is 12.1. The van der Waals surface area contributed by atoms with E-state index < -0.39 is 0 Å². The number of amides is 2. The zero-order valence-electron chi connectivity index (χ0n) is 12.2. The fourth-order valence-electron chi connectivity index (χ4n) is 2.54. The Morgan fingerprint density at radius 3 is 2.50 bits per heavy atom. The lowest BCUT2D eigenvalue weighted by Crippen LogP contribution is -2.45. The second-order valence-electron chi connectivity index (χ2n) is 6.57. The normalized spacial score (nSPS) is 15.9. The molecule has 0 unspecified atom stereocenters. The summed E-state index contributed by atoms with van der Waals surface area (Å²) in [6.07, 6.45) is 3.24. The van der Waals surface area contributed by atoms with Crippen LogP contribution >= 0.6 is 0 Å². The number of nitrogens with zero attached hydrogens (tertiary/aromatic N) is 1. The van der Waals surface area contributed by atoms with Crippen molar-refractivity contribution in [2.24, 2.45) is 11.3 Å². The molecule has 0 spiro atoms. The first-order valence-electron chi connectivity index (χ1n) is 7.01. The second-order valence-corrected chi connectivity index (χ2v) is 6.57. The van der Waals surface area contributed by atoms with Gasteiger partial charge in [-0.15, -0.1) is 0 Å². The van der Waals surface area contributed by atoms with Crippen LogP contribution in [0.5, 0.6) is 0 Å². The van der Waals surface area contributed by atoms with Crippen LogP contribution in [0.1, 0.15) is 47.0 Å². The first-order chi connectivity index (χ1) is 8.35. The predicted molar refractivity (Wildman–Crippen MR) is 73.4 cm³/mol. The van der Waals surface area contributed by atoms with Crippen LogP contribution in [-0.4, -0.2) is 41.8 Å². The Morgan fingerprint density at radius 1 is 1.44 bits per heavy atom. The Kier molecular flexibility index (Phi) is 5.45. The molecule has 1 fully saturated rings. The highest BCUT2D eigenvalue weighted by molar-refractivity contribution is 5.74. The van der Waals surface area contributed by atoms with Gasteiger partial charge < -0.3 is 15.3 Å². The van der Waals surface area contributed by atoms with Gasteiger partial charge in [-0.3, -0.25) is 0 Å². The van der Waals surface area contributed by atoms with E-state index in [0.29, 0.717) is 25.0 Å². The summed E-state index contributed by atoms with van der Waals surface area (Å²) in [5.41, 5.74) is 0.123. The number of nitrogens with one attached hydrogen (secondary N) is 1. The minimum atomic E-state index is -0.0246. The summed E-state index contributed by atoms with van der Waals surface area (Å²) >= 11 is 0. The van der Waals surface area contributed by atoms with E-state index in [2.05, 4.69) is 33.0 Å². The van der Waals surface area contributed by atoms with Crippen LogP contribution in [-0.2, 0) is 0 Å². The number of aliphatic hydroxyl groups excluding tert-OH is 1. The summed E-state index contributed by atoms with van der Waals surface area (Å²) in [5, 5.41) is 12.0. The number of carbonyl (C=O) groups excluding carboxylic acids is 1. The van der Waals surface area contributed by atoms with E-state index in [-0.39, 0.29) is 18.1 Å². The molecule has 0 radical (unpaired) electrons. The molecule has 1 saturated carbocycles. The third kappa shape index (κ3) is 5.25. The number of aliphatic hydroxyl groups is 1. The van der Waals surface area contributed by atoms with Gasteiger partial charge in [-0.05, 0) is 30.6 Å². The van der Waals surface area contributed by atoms with E-state index in [9.17, 15) is 4.79 Å². The van der Waals surface area contributed by atoms with Gasteiger partial charge in [0.1, 0.15) is 0 Å². The van der Waals surface area contributed by atoms with Gasteiger partial charge in [0.2, 0.25) is 0 Å². The monoisotopic (exact) mass is 256 g/mol. The Morgan fingerprint density at radius 2 is 2.06 bits per heavy atom. The summed E-state index contributed by atoms with van der Waals surface area (Å²) in [6.45, 7) is 9.94. The Labute approximate surface area is 111 Å². The number of hydrogen-bond acceptors (Lipinski definition) is 2. The van der Waals surface area contributed by atoms with Crippen LogP contribution in [0.3, 0.4) is 0 Å². The predicted octanol–water partition coefficient (Wildman–Crippen LogP) is 2.22. The summed E-state index contributed by atoms with van der Waals surface area (Å²) in [5.74, 6) is 0.633. The molecule has 0 aromatic rings. The smallest absolute Gasteiger partial charge is 0.317 e. The van der Waals surface area contributed by atoms with Crippen molar-refractivity contribution in [1.82, 2.24) is 10.2 Å². The maximum absolute atomic E-state index is 12.1. The van der Waals surface area contributed by atoms with Crippen LogP contribution in [0.15, 0.2) is 0 Å². The SMILES string of the molecule is CC(C)CC(C)(C)CNC(=O)N(CCO)C1CC1. The highest BCUT2D eigenvalue weighted by Gasteiger charge is 2.32. The maximum Gasteiger partial charge on any atom is 0.317 e. The molecule has 4 heteroatoms. The van der Waals surface area contributed by atoms with Gasteiger partial charge >= 0.3 is 6.03 Å². The molecule has 1 rings (SSSR count). The highest BCUT2D eigenvalue weighted by atomic mass is 16.3. The Bertz CT molecular complexity index is 273. The van der Waals surface area contributed by atoms with Gasteiger partial charge in [-0.2, -0.15) is 0 Å². The molecule has 0 atom stereocenters. The van der Waals surface area contributed by atoms with Crippen molar-refractivity contribution in [3.05, 3.63) is 0 Å². The van der Waals surface area contributed by atoms with Crippen LogP contribution in [0.2, 0.25) is 0 Å². The summed E-state index contributed by atoms with van der Waals surface area (Å²) < 4.78 is 0. The molecule has 1 aliphatic carbocycles. The van der Waals surface area contributed by atoms with Crippen LogP contribution < -0.4 is 5.32 Å². The summed E-state index contributed by atoms with van der Waals surface area (Å²) in [7, 11) is 0. The topological polar surface area (TPSA) is 52.6 Å². The third-order valence-electron chi connectivity index (χ3n) is 3.27. The number of urea groups is 1. The van der Waals surface area contributed by atoms with Crippen molar-refractivity contribution < 1.29 is 9.90 Å². The third-order valence-corrected chi connectivity index (χ3v) is 3.27. The molecule has 4 nitrogen and oxygen atoms in total.